The molecule has 0 amide bonds. The summed E-state index contributed by atoms with van der Waals surface area (Å²) in [6.45, 7) is -0.201. The summed E-state index contributed by atoms with van der Waals surface area (Å²) in [6, 6.07) is 10.0. The fourth-order valence-electron chi connectivity index (χ4n) is 1.64. The highest BCUT2D eigenvalue weighted by molar-refractivity contribution is 6.59. The monoisotopic (exact) mass is 264 g/mol. The van der Waals surface area contributed by atoms with Crippen molar-refractivity contribution in [3.63, 3.8) is 0 Å². The first-order chi connectivity index (χ1) is 9.09. The summed E-state index contributed by atoms with van der Waals surface area (Å²) < 4.78 is 31.7. The number of para-hydroxylation sites is 1. The molecule has 0 aliphatic rings. The molecule has 2 N–H and O–H groups in total. The van der Waals surface area contributed by atoms with Crippen molar-refractivity contribution in [2.45, 2.75) is 6.61 Å². The van der Waals surface area contributed by atoms with Crippen LogP contribution >= 0.6 is 0 Å². The fraction of sp³-hybridized carbons (Fsp3) is 0.0769. The molecule has 0 aliphatic carbocycles. The molecule has 19 heavy (non-hydrogen) atoms. The molecule has 0 aliphatic heterocycles. The smallest absolute Gasteiger partial charge is 0.489 e. The summed E-state index contributed by atoms with van der Waals surface area (Å²) in [7, 11) is -1.69. The second-order valence-corrected chi connectivity index (χ2v) is 3.91. The lowest BCUT2D eigenvalue weighted by Gasteiger charge is -2.11. The van der Waals surface area contributed by atoms with E-state index in [4.69, 9.17) is 14.8 Å². The Morgan fingerprint density at radius 1 is 1.00 bits per heavy atom. The van der Waals surface area contributed by atoms with Crippen LogP contribution in [0.15, 0.2) is 42.5 Å². The summed E-state index contributed by atoms with van der Waals surface area (Å²) in [5, 5.41) is 18.3. The van der Waals surface area contributed by atoms with Crippen LogP contribution in [0.2, 0.25) is 0 Å². The van der Waals surface area contributed by atoms with E-state index in [0.717, 1.165) is 6.07 Å². The highest BCUT2D eigenvalue weighted by Crippen LogP contribution is 2.15. The number of rotatable bonds is 4. The average molecular weight is 264 g/mol. The van der Waals surface area contributed by atoms with E-state index in [2.05, 4.69) is 0 Å². The molecule has 2 aromatic rings. The van der Waals surface area contributed by atoms with Gasteiger partial charge in [0.15, 0.2) is 11.6 Å². The van der Waals surface area contributed by atoms with Crippen LogP contribution in [0.1, 0.15) is 5.56 Å². The maximum atomic E-state index is 13.4. The van der Waals surface area contributed by atoms with Gasteiger partial charge in [0, 0.05) is 11.0 Å². The maximum Gasteiger partial charge on any atom is 0.492 e. The van der Waals surface area contributed by atoms with Crippen LogP contribution in [-0.4, -0.2) is 17.2 Å². The third-order valence-electron chi connectivity index (χ3n) is 2.61. The average Bonchev–Trinajstić information content (AvgIpc) is 2.40. The summed E-state index contributed by atoms with van der Waals surface area (Å²) in [4.78, 5) is 0. The Balaban J connectivity index is 2.17. The minimum absolute atomic E-state index is 0.0576. The van der Waals surface area contributed by atoms with Crippen molar-refractivity contribution in [3.8, 4) is 5.75 Å². The zero-order chi connectivity index (χ0) is 13.8. The molecule has 0 fully saturated rings. The molecule has 0 bridgehead atoms. The van der Waals surface area contributed by atoms with Gasteiger partial charge in [-0.05, 0) is 12.1 Å². The predicted octanol–water partition coefficient (Wildman–Crippen LogP) is 1.22. The third-order valence-corrected chi connectivity index (χ3v) is 2.61. The Kier molecular flexibility index (Phi) is 4.14. The SMILES string of the molecule is OB(O)c1ccccc1OCc1cccc(F)c1F. The molecule has 2 rings (SSSR count). The van der Waals surface area contributed by atoms with Crippen LogP contribution in [0.25, 0.3) is 0 Å². The number of hydrogen-bond donors (Lipinski definition) is 2. The Morgan fingerprint density at radius 2 is 1.74 bits per heavy atom. The highest BCUT2D eigenvalue weighted by atomic mass is 19.2. The zero-order valence-corrected chi connectivity index (χ0v) is 9.88. The number of benzene rings is 2. The minimum atomic E-state index is -1.69. The Morgan fingerprint density at radius 3 is 2.47 bits per heavy atom. The lowest BCUT2D eigenvalue weighted by atomic mass is 9.79. The second-order valence-electron chi connectivity index (χ2n) is 3.91. The highest BCUT2D eigenvalue weighted by Gasteiger charge is 2.17. The van der Waals surface area contributed by atoms with E-state index in [0.29, 0.717) is 0 Å². The first-order valence-corrected chi connectivity index (χ1v) is 5.60. The summed E-state index contributed by atoms with van der Waals surface area (Å²) in [5.41, 5.74) is 0.224. The molecule has 0 radical (unpaired) electrons. The van der Waals surface area contributed by atoms with Crippen LogP contribution in [0.3, 0.4) is 0 Å². The van der Waals surface area contributed by atoms with Gasteiger partial charge in [-0.15, -0.1) is 0 Å². The van der Waals surface area contributed by atoms with Crippen molar-refractivity contribution < 1.29 is 23.6 Å². The van der Waals surface area contributed by atoms with E-state index in [1.807, 2.05) is 0 Å². The molecule has 0 saturated heterocycles. The topological polar surface area (TPSA) is 49.7 Å². The third kappa shape index (κ3) is 3.10. The van der Waals surface area contributed by atoms with Crippen LogP contribution in [0.4, 0.5) is 8.78 Å². The van der Waals surface area contributed by atoms with Gasteiger partial charge in [-0.3, -0.25) is 0 Å². The van der Waals surface area contributed by atoms with Gasteiger partial charge in [-0.2, -0.15) is 0 Å². The van der Waals surface area contributed by atoms with E-state index < -0.39 is 18.8 Å². The van der Waals surface area contributed by atoms with Crippen LogP contribution in [0, 0.1) is 11.6 Å². The Hall–Kier alpha value is -1.92. The molecule has 98 valence electrons. The summed E-state index contributed by atoms with van der Waals surface area (Å²) >= 11 is 0. The lowest BCUT2D eigenvalue weighted by molar-refractivity contribution is 0.298. The molecule has 2 aromatic carbocycles. The van der Waals surface area contributed by atoms with E-state index in [1.54, 1.807) is 12.1 Å². The minimum Gasteiger partial charge on any atom is -0.489 e. The van der Waals surface area contributed by atoms with Crippen LogP contribution in [0.5, 0.6) is 5.75 Å². The number of ether oxygens (including phenoxy) is 1. The molecule has 6 heteroatoms. The van der Waals surface area contributed by atoms with Gasteiger partial charge in [-0.25, -0.2) is 8.78 Å². The molecule has 0 unspecified atom stereocenters. The molecule has 0 aromatic heterocycles. The van der Waals surface area contributed by atoms with Crippen LogP contribution in [-0.2, 0) is 6.61 Å². The van der Waals surface area contributed by atoms with Crippen molar-refractivity contribution in [2.75, 3.05) is 0 Å². The molecule has 0 heterocycles. The van der Waals surface area contributed by atoms with Gasteiger partial charge < -0.3 is 14.8 Å². The first kappa shape index (κ1) is 13.5. The van der Waals surface area contributed by atoms with Gasteiger partial charge in [0.1, 0.15) is 12.4 Å². The fourth-order valence-corrected chi connectivity index (χ4v) is 1.64. The second kappa shape index (κ2) is 5.82. The van der Waals surface area contributed by atoms with Gasteiger partial charge in [-0.1, -0.05) is 30.3 Å². The lowest BCUT2D eigenvalue weighted by Crippen LogP contribution is -2.31. The van der Waals surface area contributed by atoms with Gasteiger partial charge in [0.25, 0.3) is 0 Å². The van der Waals surface area contributed by atoms with Gasteiger partial charge in [0.2, 0.25) is 0 Å². The van der Waals surface area contributed by atoms with Crippen molar-refractivity contribution >= 4 is 12.6 Å². The van der Waals surface area contributed by atoms with E-state index in [9.17, 15) is 8.78 Å². The van der Waals surface area contributed by atoms with Gasteiger partial charge >= 0.3 is 7.12 Å². The molecular formula is C13H11BF2O3. The largest absolute Gasteiger partial charge is 0.492 e. The first-order valence-electron chi connectivity index (χ1n) is 5.60. The van der Waals surface area contributed by atoms with Crippen LogP contribution < -0.4 is 10.2 Å². The summed E-state index contributed by atoms with van der Waals surface area (Å²) in [5.74, 6) is -1.71. The zero-order valence-electron chi connectivity index (χ0n) is 9.88. The quantitative estimate of drug-likeness (QED) is 0.816. The predicted molar refractivity (Wildman–Crippen MR) is 67.0 cm³/mol. The molecular weight excluding hydrogens is 253 g/mol. The van der Waals surface area contributed by atoms with Crippen molar-refractivity contribution in [1.29, 1.82) is 0 Å². The van der Waals surface area contributed by atoms with Crippen molar-refractivity contribution in [1.82, 2.24) is 0 Å². The van der Waals surface area contributed by atoms with E-state index in [1.165, 1.54) is 24.3 Å². The summed E-state index contributed by atoms with van der Waals surface area (Å²) in [6.07, 6.45) is 0. The number of hydrogen-bond acceptors (Lipinski definition) is 3. The maximum absolute atomic E-state index is 13.4. The van der Waals surface area contributed by atoms with Crippen molar-refractivity contribution in [3.05, 3.63) is 59.7 Å². The standard InChI is InChI=1S/C13H11BF2O3/c15-11-6-3-4-9(13(11)16)8-19-12-7-2-1-5-10(12)14(17)18/h1-7,17-18H,8H2. The van der Waals surface area contributed by atoms with Crippen molar-refractivity contribution in [2.24, 2.45) is 0 Å². The Labute approximate surface area is 109 Å². The molecule has 0 spiro atoms. The van der Waals surface area contributed by atoms with E-state index in [-0.39, 0.29) is 23.4 Å². The van der Waals surface area contributed by atoms with E-state index >= 15 is 0 Å². The van der Waals surface area contributed by atoms with Gasteiger partial charge in [0.05, 0.1) is 0 Å². The Bertz CT molecular complexity index is 576. The number of halogens is 2. The molecule has 0 saturated carbocycles. The molecule has 3 nitrogen and oxygen atoms in total. The molecule has 0 atom stereocenters. The normalized spacial score (nSPS) is 10.3.